The van der Waals surface area contributed by atoms with Crippen LogP contribution in [0.2, 0.25) is 0 Å². The lowest BCUT2D eigenvalue weighted by molar-refractivity contribution is 0.0517. The molecule has 1 aliphatic heterocycles. The van der Waals surface area contributed by atoms with Gasteiger partial charge in [0.05, 0.1) is 6.20 Å². The molecule has 0 bridgehead atoms. The molecule has 122 valence electrons. The Morgan fingerprint density at radius 1 is 1.22 bits per heavy atom. The number of aromatic amines is 1. The minimum Gasteiger partial charge on any atom is -0.332 e. The first-order valence-corrected chi connectivity index (χ1v) is 8.50. The number of piperazine rings is 1. The van der Waals surface area contributed by atoms with Gasteiger partial charge in [-0.2, -0.15) is 15.4 Å². The van der Waals surface area contributed by atoms with Crippen LogP contribution in [-0.2, 0) is 0 Å². The lowest BCUT2D eigenvalue weighted by atomic mass is 10.1. The van der Waals surface area contributed by atoms with E-state index >= 15 is 0 Å². The van der Waals surface area contributed by atoms with Gasteiger partial charge in [-0.05, 0) is 44.9 Å². The van der Waals surface area contributed by atoms with E-state index in [1.165, 1.54) is 16.7 Å². The van der Waals surface area contributed by atoms with Gasteiger partial charge in [0, 0.05) is 30.1 Å². The third kappa shape index (κ3) is 3.56. The SMILES string of the molecule is Cc1ccc(SN2C[C@H](C)N(C(=O)c3cn[nH]n3)C[C@H]2C)cc1. The molecule has 7 heteroatoms. The van der Waals surface area contributed by atoms with E-state index in [1.54, 1.807) is 11.9 Å². The average molecular weight is 331 g/mol. The number of aryl methyl sites for hydroxylation is 1. The summed E-state index contributed by atoms with van der Waals surface area (Å²) >= 11 is 1.76. The van der Waals surface area contributed by atoms with Crippen LogP contribution < -0.4 is 0 Å². The first-order chi connectivity index (χ1) is 11.0. The van der Waals surface area contributed by atoms with Crippen molar-refractivity contribution in [2.75, 3.05) is 13.1 Å². The number of benzene rings is 1. The van der Waals surface area contributed by atoms with Crippen LogP contribution in [0.4, 0.5) is 0 Å². The number of carbonyl (C=O) groups is 1. The summed E-state index contributed by atoms with van der Waals surface area (Å²) in [5.74, 6) is -0.0573. The molecule has 1 amide bonds. The molecule has 0 spiro atoms. The standard InChI is InChI=1S/C16H21N5OS/c1-11-4-6-14(7-5-11)23-21-10-12(2)20(9-13(21)3)16(22)15-8-17-19-18-15/h4-8,12-13H,9-10H2,1-3H3,(H,17,18,19)/t12-,13+/m0/s1. The second-order valence-corrected chi connectivity index (χ2v) is 7.14. The number of hydrogen-bond donors (Lipinski definition) is 1. The van der Waals surface area contributed by atoms with Crippen LogP contribution in [0.3, 0.4) is 0 Å². The summed E-state index contributed by atoms with van der Waals surface area (Å²) in [4.78, 5) is 15.6. The van der Waals surface area contributed by atoms with Gasteiger partial charge in [-0.25, -0.2) is 4.31 Å². The average Bonchev–Trinajstić information content (AvgIpc) is 3.06. The number of nitrogens with zero attached hydrogens (tertiary/aromatic N) is 4. The van der Waals surface area contributed by atoms with Gasteiger partial charge in [0.25, 0.3) is 5.91 Å². The zero-order chi connectivity index (χ0) is 16.4. The molecule has 0 saturated carbocycles. The lowest BCUT2D eigenvalue weighted by Crippen LogP contribution is -2.55. The van der Waals surface area contributed by atoms with Crippen molar-refractivity contribution in [3.8, 4) is 0 Å². The zero-order valence-corrected chi connectivity index (χ0v) is 14.4. The van der Waals surface area contributed by atoms with Gasteiger partial charge in [-0.15, -0.1) is 0 Å². The van der Waals surface area contributed by atoms with Crippen LogP contribution in [0, 0.1) is 6.92 Å². The molecule has 0 radical (unpaired) electrons. The molecule has 2 atom stereocenters. The molecule has 1 aromatic carbocycles. The van der Waals surface area contributed by atoms with Crippen molar-refractivity contribution in [1.29, 1.82) is 0 Å². The summed E-state index contributed by atoms with van der Waals surface area (Å²) in [5, 5.41) is 10.1. The monoisotopic (exact) mass is 331 g/mol. The summed E-state index contributed by atoms with van der Waals surface area (Å²) in [6.45, 7) is 7.82. The third-order valence-electron chi connectivity index (χ3n) is 4.07. The van der Waals surface area contributed by atoms with Gasteiger partial charge in [0.15, 0.2) is 5.69 Å². The summed E-state index contributed by atoms with van der Waals surface area (Å²) in [7, 11) is 0. The predicted octanol–water partition coefficient (Wildman–Crippen LogP) is 2.36. The molecule has 1 fully saturated rings. The minimum absolute atomic E-state index is 0.0573. The maximum absolute atomic E-state index is 12.5. The largest absolute Gasteiger partial charge is 0.332 e. The fourth-order valence-electron chi connectivity index (χ4n) is 2.69. The van der Waals surface area contributed by atoms with Crippen molar-refractivity contribution in [2.24, 2.45) is 0 Å². The molecule has 0 aliphatic carbocycles. The van der Waals surface area contributed by atoms with Crippen LogP contribution in [0.15, 0.2) is 35.4 Å². The Morgan fingerprint density at radius 3 is 2.61 bits per heavy atom. The van der Waals surface area contributed by atoms with Gasteiger partial charge in [0.2, 0.25) is 0 Å². The Labute approximate surface area is 140 Å². The van der Waals surface area contributed by atoms with Crippen LogP contribution >= 0.6 is 11.9 Å². The summed E-state index contributed by atoms with van der Waals surface area (Å²) < 4.78 is 2.35. The zero-order valence-electron chi connectivity index (χ0n) is 13.6. The molecular weight excluding hydrogens is 310 g/mol. The summed E-state index contributed by atoms with van der Waals surface area (Å²) in [6, 6.07) is 8.94. The highest BCUT2D eigenvalue weighted by Crippen LogP contribution is 2.29. The quantitative estimate of drug-likeness (QED) is 0.875. The van der Waals surface area contributed by atoms with Crippen molar-refractivity contribution < 1.29 is 4.79 Å². The molecule has 1 N–H and O–H groups in total. The van der Waals surface area contributed by atoms with Crippen molar-refractivity contribution >= 4 is 17.9 Å². The molecule has 1 aromatic heterocycles. The molecule has 6 nitrogen and oxygen atoms in total. The number of amides is 1. The second-order valence-electron chi connectivity index (χ2n) is 6.01. The van der Waals surface area contributed by atoms with E-state index in [4.69, 9.17) is 0 Å². The van der Waals surface area contributed by atoms with Crippen LogP contribution in [0.1, 0.15) is 29.9 Å². The summed E-state index contributed by atoms with van der Waals surface area (Å²) in [5.41, 5.74) is 1.64. The van der Waals surface area contributed by atoms with E-state index in [-0.39, 0.29) is 18.0 Å². The van der Waals surface area contributed by atoms with Crippen molar-refractivity contribution in [1.82, 2.24) is 24.6 Å². The Bertz CT molecular complexity index is 658. The summed E-state index contributed by atoms with van der Waals surface area (Å²) in [6.07, 6.45) is 1.48. The lowest BCUT2D eigenvalue weighted by Gasteiger charge is -2.43. The normalized spacial score (nSPS) is 22.3. The highest BCUT2D eigenvalue weighted by molar-refractivity contribution is 7.97. The maximum Gasteiger partial charge on any atom is 0.276 e. The van der Waals surface area contributed by atoms with Crippen LogP contribution in [0.5, 0.6) is 0 Å². The molecule has 2 aromatic rings. The van der Waals surface area contributed by atoms with Gasteiger partial charge in [0.1, 0.15) is 0 Å². The Kier molecular flexibility index (Phi) is 4.68. The topological polar surface area (TPSA) is 65.1 Å². The highest BCUT2D eigenvalue weighted by atomic mass is 32.2. The Morgan fingerprint density at radius 2 is 1.96 bits per heavy atom. The van der Waals surface area contributed by atoms with E-state index in [0.717, 1.165) is 6.54 Å². The van der Waals surface area contributed by atoms with E-state index in [9.17, 15) is 4.79 Å². The molecule has 1 aliphatic rings. The highest BCUT2D eigenvalue weighted by Gasteiger charge is 2.33. The smallest absolute Gasteiger partial charge is 0.276 e. The maximum atomic E-state index is 12.5. The van der Waals surface area contributed by atoms with E-state index in [0.29, 0.717) is 12.2 Å². The van der Waals surface area contributed by atoms with Gasteiger partial charge in [-0.1, -0.05) is 17.7 Å². The van der Waals surface area contributed by atoms with Crippen molar-refractivity contribution in [3.63, 3.8) is 0 Å². The van der Waals surface area contributed by atoms with E-state index < -0.39 is 0 Å². The van der Waals surface area contributed by atoms with E-state index in [1.807, 2.05) is 4.90 Å². The first kappa shape index (κ1) is 16.0. The Hall–Kier alpha value is -1.86. The van der Waals surface area contributed by atoms with Crippen LogP contribution in [0.25, 0.3) is 0 Å². The number of H-pyrrole nitrogens is 1. The first-order valence-electron chi connectivity index (χ1n) is 7.72. The molecule has 3 rings (SSSR count). The number of nitrogens with one attached hydrogen (secondary N) is 1. The minimum atomic E-state index is -0.0573. The number of hydrogen-bond acceptors (Lipinski definition) is 5. The third-order valence-corrected chi connectivity index (χ3v) is 5.29. The molecule has 2 heterocycles. The fraction of sp³-hybridized carbons (Fsp3) is 0.438. The molecule has 1 saturated heterocycles. The molecule has 23 heavy (non-hydrogen) atoms. The van der Waals surface area contributed by atoms with Gasteiger partial charge in [-0.3, -0.25) is 4.79 Å². The number of aromatic nitrogens is 3. The van der Waals surface area contributed by atoms with Gasteiger partial charge < -0.3 is 4.90 Å². The van der Waals surface area contributed by atoms with Crippen molar-refractivity contribution in [3.05, 3.63) is 41.7 Å². The fourth-order valence-corrected chi connectivity index (χ4v) is 3.76. The molecular formula is C16H21N5OS. The number of rotatable bonds is 3. The van der Waals surface area contributed by atoms with E-state index in [2.05, 4.69) is 64.8 Å². The number of carbonyl (C=O) groups excluding carboxylic acids is 1. The van der Waals surface area contributed by atoms with Crippen molar-refractivity contribution in [2.45, 2.75) is 37.8 Å². The predicted molar refractivity (Wildman–Crippen MR) is 90.1 cm³/mol. The van der Waals surface area contributed by atoms with Crippen LogP contribution in [-0.4, -0.2) is 55.7 Å². The Balaban J connectivity index is 1.67. The van der Waals surface area contributed by atoms with Gasteiger partial charge >= 0.3 is 0 Å². The molecule has 0 unspecified atom stereocenters. The second kappa shape index (κ2) is 6.72.